The monoisotopic (exact) mass is 357 g/mol. The molecule has 0 saturated heterocycles. The average molecular weight is 358 g/mol. The van der Waals surface area contributed by atoms with Crippen molar-refractivity contribution in [3.05, 3.63) is 33.9 Å². The van der Waals surface area contributed by atoms with Gasteiger partial charge >= 0.3 is 0 Å². The number of carbonyl (C=O) groups excluding carboxylic acids is 2. The lowest BCUT2D eigenvalue weighted by Gasteiger charge is -2.07. The first-order chi connectivity index (χ1) is 11.0. The topological polar surface area (TPSA) is 109 Å². The summed E-state index contributed by atoms with van der Waals surface area (Å²) < 4.78 is 5.40. The molecule has 8 nitrogen and oxygen atoms in total. The van der Waals surface area contributed by atoms with Crippen molar-refractivity contribution in [2.45, 2.75) is 6.42 Å². The molecule has 0 aliphatic carbocycles. The highest BCUT2D eigenvalue weighted by atomic mass is 35.5. The van der Waals surface area contributed by atoms with Crippen molar-refractivity contribution in [1.29, 1.82) is 0 Å². The molecule has 0 saturated carbocycles. The van der Waals surface area contributed by atoms with Crippen LogP contribution in [0.4, 0.5) is 5.82 Å². The standard InChI is InChI=1S/C13H13Cl2N5O3/c1-16-13(22)11-12(19-20-18-11)17-10(21)2-3-23-9-5-7(14)4-8(15)6-9/h4-6H,2-3H2,1H3,(H,16,22)(H2,17,18,19,20,21). The van der Waals surface area contributed by atoms with Gasteiger partial charge in [-0.3, -0.25) is 9.59 Å². The zero-order chi connectivity index (χ0) is 16.8. The lowest BCUT2D eigenvalue weighted by molar-refractivity contribution is -0.116. The van der Waals surface area contributed by atoms with Crippen LogP contribution >= 0.6 is 23.2 Å². The predicted octanol–water partition coefficient (Wildman–Crippen LogP) is 1.88. The summed E-state index contributed by atoms with van der Waals surface area (Å²) in [7, 11) is 1.45. The first-order valence-electron chi connectivity index (χ1n) is 6.51. The summed E-state index contributed by atoms with van der Waals surface area (Å²) in [6, 6.07) is 4.76. The van der Waals surface area contributed by atoms with Crippen LogP contribution in [0, 0.1) is 0 Å². The number of hydrogen-bond acceptors (Lipinski definition) is 5. The molecule has 2 amide bonds. The van der Waals surface area contributed by atoms with Crippen LogP contribution in [-0.2, 0) is 4.79 Å². The number of benzene rings is 1. The largest absolute Gasteiger partial charge is 0.493 e. The number of H-pyrrole nitrogens is 1. The molecule has 0 spiro atoms. The molecular weight excluding hydrogens is 345 g/mol. The van der Waals surface area contributed by atoms with E-state index in [1.165, 1.54) is 7.05 Å². The smallest absolute Gasteiger partial charge is 0.275 e. The van der Waals surface area contributed by atoms with Crippen molar-refractivity contribution in [3.8, 4) is 5.75 Å². The number of aromatic amines is 1. The van der Waals surface area contributed by atoms with Gasteiger partial charge in [-0.05, 0) is 18.2 Å². The second-order valence-electron chi connectivity index (χ2n) is 4.35. The van der Waals surface area contributed by atoms with E-state index in [1.54, 1.807) is 18.2 Å². The first-order valence-corrected chi connectivity index (χ1v) is 7.26. The average Bonchev–Trinajstić information content (AvgIpc) is 2.93. The van der Waals surface area contributed by atoms with Crippen LogP contribution in [0.3, 0.4) is 0 Å². The first kappa shape index (κ1) is 17.0. The molecule has 0 radical (unpaired) electrons. The molecule has 3 N–H and O–H groups in total. The van der Waals surface area contributed by atoms with Crippen molar-refractivity contribution in [1.82, 2.24) is 20.7 Å². The fourth-order valence-electron chi connectivity index (χ4n) is 1.66. The van der Waals surface area contributed by atoms with E-state index in [1.807, 2.05) is 0 Å². The number of carbonyl (C=O) groups is 2. The highest BCUT2D eigenvalue weighted by Gasteiger charge is 2.17. The highest BCUT2D eigenvalue weighted by molar-refractivity contribution is 6.34. The minimum atomic E-state index is -0.459. The molecular formula is C13H13Cl2N5O3. The lowest BCUT2D eigenvalue weighted by atomic mass is 10.3. The van der Waals surface area contributed by atoms with Crippen LogP contribution in [0.1, 0.15) is 16.9 Å². The number of aromatic nitrogens is 3. The normalized spacial score (nSPS) is 10.2. The Bertz CT molecular complexity index is 699. The molecule has 122 valence electrons. The van der Waals surface area contributed by atoms with Crippen LogP contribution < -0.4 is 15.4 Å². The van der Waals surface area contributed by atoms with E-state index in [0.717, 1.165) is 0 Å². The summed E-state index contributed by atoms with van der Waals surface area (Å²) in [6.07, 6.45) is 0.0458. The van der Waals surface area contributed by atoms with Crippen molar-refractivity contribution in [2.24, 2.45) is 0 Å². The van der Waals surface area contributed by atoms with E-state index in [4.69, 9.17) is 27.9 Å². The minimum absolute atomic E-state index is 0.00314. The zero-order valence-corrected chi connectivity index (χ0v) is 13.5. The Morgan fingerprint density at radius 2 is 1.91 bits per heavy atom. The molecule has 1 aromatic carbocycles. The molecule has 0 bridgehead atoms. The van der Waals surface area contributed by atoms with Crippen molar-refractivity contribution >= 4 is 40.8 Å². The quantitative estimate of drug-likeness (QED) is 0.731. The van der Waals surface area contributed by atoms with Crippen LogP contribution in [0.2, 0.25) is 10.0 Å². The second kappa shape index (κ2) is 7.80. The van der Waals surface area contributed by atoms with E-state index in [2.05, 4.69) is 26.0 Å². The third-order valence-corrected chi connectivity index (χ3v) is 3.12. The Balaban J connectivity index is 1.86. The number of anilines is 1. The maximum atomic E-state index is 11.8. The summed E-state index contributed by atoms with van der Waals surface area (Å²) in [4.78, 5) is 23.3. The van der Waals surface area contributed by atoms with Crippen LogP contribution in [0.5, 0.6) is 5.75 Å². The highest BCUT2D eigenvalue weighted by Crippen LogP contribution is 2.24. The van der Waals surface area contributed by atoms with Gasteiger partial charge in [-0.1, -0.05) is 23.2 Å². The Morgan fingerprint density at radius 1 is 1.22 bits per heavy atom. The summed E-state index contributed by atoms with van der Waals surface area (Å²) in [5.74, 6) is -0.320. The predicted molar refractivity (Wildman–Crippen MR) is 85.0 cm³/mol. The van der Waals surface area contributed by atoms with E-state index < -0.39 is 5.91 Å². The van der Waals surface area contributed by atoms with Crippen molar-refractivity contribution in [2.75, 3.05) is 19.0 Å². The van der Waals surface area contributed by atoms with E-state index >= 15 is 0 Å². The number of rotatable bonds is 6. The van der Waals surface area contributed by atoms with Crippen molar-refractivity contribution in [3.63, 3.8) is 0 Å². The number of halogens is 2. The molecule has 1 heterocycles. The molecule has 23 heavy (non-hydrogen) atoms. The van der Waals surface area contributed by atoms with Gasteiger partial charge in [0.1, 0.15) is 5.75 Å². The molecule has 0 aliphatic rings. The van der Waals surface area contributed by atoms with Crippen LogP contribution in [-0.4, -0.2) is 40.9 Å². The van der Waals surface area contributed by atoms with Gasteiger partial charge in [0.2, 0.25) is 5.91 Å². The Hall–Kier alpha value is -2.32. The fourth-order valence-corrected chi connectivity index (χ4v) is 2.17. The summed E-state index contributed by atoms with van der Waals surface area (Å²) in [6.45, 7) is 0.107. The van der Waals surface area contributed by atoms with Gasteiger partial charge in [0.25, 0.3) is 5.91 Å². The van der Waals surface area contributed by atoms with Gasteiger partial charge in [0, 0.05) is 17.1 Å². The van der Waals surface area contributed by atoms with E-state index in [9.17, 15) is 9.59 Å². The maximum absolute atomic E-state index is 11.8. The van der Waals surface area contributed by atoms with Gasteiger partial charge in [-0.15, -0.1) is 10.2 Å². The van der Waals surface area contributed by atoms with Gasteiger partial charge in [0.05, 0.1) is 13.0 Å². The van der Waals surface area contributed by atoms with E-state index in [-0.39, 0.29) is 30.4 Å². The number of ether oxygens (including phenoxy) is 1. The fraction of sp³-hybridized carbons (Fsp3) is 0.231. The summed E-state index contributed by atoms with van der Waals surface area (Å²) in [5, 5.41) is 15.4. The van der Waals surface area contributed by atoms with Gasteiger partial charge < -0.3 is 15.4 Å². The molecule has 0 unspecified atom stereocenters. The van der Waals surface area contributed by atoms with Gasteiger partial charge in [-0.2, -0.15) is 5.21 Å². The Kier molecular flexibility index (Phi) is 5.78. The summed E-state index contributed by atoms with van der Waals surface area (Å²) >= 11 is 11.7. The molecule has 1 aromatic heterocycles. The van der Waals surface area contributed by atoms with Gasteiger partial charge in [0.15, 0.2) is 11.5 Å². The SMILES string of the molecule is CNC(=O)c1n[nH]nc1NC(=O)CCOc1cc(Cl)cc(Cl)c1. The molecule has 2 rings (SSSR count). The molecule has 0 fully saturated rings. The van der Waals surface area contributed by atoms with Gasteiger partial charge in [-0.25, -0.2) is 0 Å². The maximum Gasteiger partial charge on any atom is 0.275 e. The third-order valence-electron chi connectivity index (χ3n) is 2.68. The molecule has 0 atom stereocenters. The minimum Gasteiger partial charge on any atom is -0.493 e. The van der Waals surface area contributed by atoms with Crippen molar-refractivity contribution < 1.29 is 14.3 Å². The number of nitrogens with zero attached hydrogens (tertiary/aromatic N) is 2. The number of amides is 2. The zero-order valence-electron chi connectivity index (χ0n) is 12.0. The third kappa shape index (κ3) is 4.83. The second-order valence-corrected chi connectivity index (χ2v) is 5.22. The Morgan fingerprint density at radius 3 is 2.57 bits per heavy atom. The number of hydrogen-bond donors (Lipinski definition) is 3. The van der Waals surface area contributed by atoms with Crippen LogP contribution in [0.15, 0.2) is 18.2 Å². The molecule has 2 aromatic rings. The summed E-state index contributed by atoms with van der Waals surface area (Å²) in [5.41, 5.74) is 0.00314. The molecule has 10 heteroatoms. The lowest BCUT2D eigenvalue weighted by Crippen LogP contribution is -2.22. The molecule has 0 aliphatic heterocycles. The Labute approximate surface area is 141 Å². The number of nitrogens with one attached hydrogen (secondary N) is 3. The van der Waals surface area contributed by atoms with Crippen LogP contribution in [0.25, 0.3) is 0 Å². The van der Waals surface area contributed by atoms with E-state index in [0.29, 0.717) is 15.8 Å².